The van der Waals surface area contributed by atoms with Gasteiger partial charge in [0.2, 0.25) is 0 Å². The number of carboxylic acids is 1. The first-order valence-electron chi connectivity index (χ1n) is 5.00. The van der Waals surface area contributed by atoms with E-state index in [1.165, 1.54) is 37.8 Å². The topological polar surface area (TPSA) is 72.3 Å². The van der Waals surface area contributed by atoms with E-state index < -0.39 is 11.8 Å². The molecule has 0 atom stereocenters. The molecule has 0 radical (unpaired) electrons. The van der Waals surface area contributed by atoms with Crippen molar-refractivity contribution in [2.24, 2.45) is 0 Å². The standard InChI is InChI=1S/C12H9FN2O3/c1-18-10-3-2-7(4-9(10)13)11-8(12(16)17)5-14-6-15-11/h2-6H,1H3,(H,16,17). The van der Waals surface area contributed by atoms with Crippen LogP contribution in [0.3, 0.4) is 0 Å². The molecule has 5 nitrogen and oxygen atoms in total. The van der Waals surface area contributed by atoms with Crippen LogP contribution in [0.2, 0.25) is 0 Å². The fraction of sp³-hybridized carbons (Fsp3) is 0.0833. The van der Waals surface area contributed by atoms with E-state index in [1.54, 1.807) is 0 Å². The molecule has 18 heavy (non-hydrogen) atoms. The number of methoxy groups -OCH3 is 1. The lowest BCUT2D eigenvalue weighted by Gasteiger charge is -2.06. The zero-order valence-corrected chi connectivity index (χ0v) is 9.42. The molecule has 0 fully saturated rings. The minimum Gasteiger partial charge on any atom is -0.494 e. The lowest BCUT2D eigenvalue weighted by atomic mass is 10.1. The molecule has 0 saturated heterocycles. The third-order valence-electron chi connectivity index (χ3n) is 2.37. The smallest absolute Gasteiger partial charge is 0.339 e. The zero-order valence-electron chi connectivity index (χ0n) is 9.42. The maximum atomic E-state index is 13.6. The molecule has 6 heteroatoms. The monoisotopic (exact) mass is 248 g/mol. The summed E-state index contributed by atoms with van der Waals surface area (Å²) in [5.41, 5.74) is 0.439. The largest absolute Gasteiger partial charge is 0.494 e. The van der Waals surface area contributed by atoms with E-state index in [1.807, 2.05) is 0 Å². The van der Waals surface area contributed by atoms with E-state index in [0.717, 1.165) is 0 Å². The number of rotatable bonds is 3. The molecule has 2 aromatic rings. The second-order valence-electron chi connectivity index (χ2n) is 3.44. The lowest BCUT2D eigenvalue weighted by molar-refractivity contribution is 0.0697. The molecule has 0 saturated carbocycles. The van der Waals surface area contributed by atoms with Crippen LogP contribution in [0.1, 0.15) is 10.4 Å². The highest BCUT2D eigenvalue weighted by Crippen LogP contribution is 2.26. The Labute approximate surface area is 102 Å². The Balaban J connectivity index is 2.55. The quantitative estimate of drug-likeness (QED) is 0.899. The molecule has 0 aliphatic carbocycles. The maximum Gasteiger partial charge on any atom is 0.339 e. The Morgan fingerprint density at radius 3 is 2.83 bits per heavy atom. The van der Waals surface area contributed by atoms with Crippen molar-refractivity contribution >= 4 is 5.97 Å². The molecular formula is C12H9FN2O3. The number of carboxylic acid groups (broad SMARTS) is 1. The average Bonchev–Trinajstić information content (AvgIpc) is 2.38. The number of hydrogen-bond acceptors (Lipinski definition) is 4. The summed E-state index contributed by atoms with van der Waals surface area (Å²) in [6.45, 7) is 0. The molecule has 0 unspecified atom stereocenters. The summed E-state index contributed by atoms with van der Waals surface area (Å²) in [5.74, 6) is -1.66. The summed E-state index contributed by atoms with van der Waals surface area (Å²) in [5, 5.41) is 9.00. The zero-order chi connectivity index (χ0) is 13.1. The molecular weight excluding hydrogens is 239 g/mol. The number of nitrogens with zero attached hydrogens (tertiary/aromatic N) is 2. The molecule has 1 aromatic carbocycles. The second-order valence-corrected chi connectivity index (χ2v) is 3.44. The molecule has 92 valence electrons. The maximum absolute atomic E-state index is 13.6. The minimum absolute atomic E-state index is 0.0814. The summed E-state index contributed by atoms with van der Waals surface area (Å²) < 4.78 is 18.3. The number of ether oxygens (including phenoxy) is 1. The summed E-state index contributed by atoms with van der Waals surface area (Å²) in [6, 6.07) is 4.13. The number of carbonyl (C=O) groups is 1. The Kier molecular flexibility index (Phi) is 3.18. The van der Waals surface area contributed by atoms with E-state index in [0.29, 0.717) is 5.56 Å². The van der Waals surface area contributed by atoms with Crippen LogP contribution in [0.4, 0.5) is 4.39 Å². The van der Waals surface area contributed by atoms with Gasteiger partial charge >= 0.3 is 5.97 Å². The predicted molar refractivity (Wildman–Crippen MR) is 60.9 cm³/mol. The highest BCUT2D eigenvalue weighted by Gasteiger charge is 2.14. The first-order valence-corrected chi connectivity index (χ1v) is 5.00. The Morgan fingerprint density at radius 2 is 2.22 bits per heavy atom. The van der Waals surface area contributed by atoms with Crippen molar-refractivity contribution in [3.05, 3.63) is 42.1 Å². The van der Waals surface area contributed by atoms with Gasteiger partial charge in [0, 0.05) is 11.8 Å². The van der Waals surface area contributed by atoms with Crippen molar-refractivity contribution in [3.63, 3.8) is 0 Å². The third-order valence-corrected chi connectivity index (χ3v) is 2.37. The number of halogens is 1. The molecule has 0 aliphatic heterocycles. The van der Waals surface area contributed by atoms with Gasteiger partial charge in [-0.15, -0.1) is 0 Å². The Morgan fingerprint density at radius 1 is 1.44 bits per heavy atom. The van der Waals surface area contributed by atoms with Gasteiger partial charge < -0.3 is 9.84 Å². The van der Waals surface area contributed by atoms with Gasteiger partial charge in [0.15, 0.2) is 11.6 Å². The van der Waals surface area contributed by atoms with Crippen molar-refractivity contribution in [1.82, 2.24) is 9.97 Å². The highest BCUT2D eigenvalue weighted by molar-refractivity contribution is 5.94. The molecule has 0 bridgehead atoms. The summed E-state index contributed by atoms with van der Waals surface area (Å²) in [4.78, 5) is 18.5. The van der Waals surface area contributed by atoms with Crippen LogP contribution in [0.25, 0.3) is 11.3 Å². The molecule has 1 N–H and O–H groups in total. The molecule has 1 aromatic heterocycles. The van der Waals surface area contributed by atoms with Gasteiger partial charge in [-0.1, -0.05) is 0 Å². The van der Waals surface area contributed by atoms with Crippen molar-refractivity contribution in [2.75, 3.05) is 7.11 Å². The van der Waals surface area contributed by atoms with E-state index in [4.69, 9.17) is 9.84 Å². The van der Waals surface area contributed by atoms with Gasteiger partial charge in [-0.3, -0.25) is 0 Å². The SMILES string of the molecule is COc1ccc(-c2ncncc2C(=O)O)cc1F. The van der Waals surface area contributed by atoms with Crippen molar-refractivity contribution in [3.8, 4) is 17.0 Å². The molecule has 2 rings (SSSR count). The van der Waals surface area contributed by atoms with Gasteiger partial charge in [-0.25, -0.2) is 19.2 Å². The van der Waals surface area contributed by atoms with Gasteiger partial charge in [0.1, 0.15) is 11.9 Å². The predicted octanol–water partition coefficient (Wildman–Crippen LogP) is 1.99. The molecule has 0 amide bonds. The minimum atomic E-state index is -1.16. The van der Waals surface area contributed by atoms with Gasteiger partial charge in [-0.2, -0.15) is 0 Å². The number of benzene rings is 1. The van der Waals surface area contributed by atoms with E-state index in [9.17, 15) is 9.18 Å². The van der Waals surface area contributed by atoms with Crippen LogP contribution >= 0.6 is 0 Å². The van der Waals surface area contributed by atoms with E-state index in [-0.39, 0.29) is 17.0 Å². The van der Waals surface area contributed by atoms with Gasteiger partial charge in [0.05, 0.1) is 12.8 Å². The molecule has 0 spiro atoms. The normalized spacial score (nSPS) is 10.1. The third kappa shape index (κ3) is 2.13. The van der Waals surface area contributed by atoms with Crippen molar-refractivity contribution in [1.29, 1.82) is 0 Å². The lowest BCUT2D eigenvalue weighted by Crippen LogP contribution is -2.02. The molecule has 0 aliphatic rings. The Bertz CT molecular complexity index is 602. The fourth-order valence-corrected chi connectivity index (χ4v) is 1.53. The van der Waals surface area contributed by atoms with Crippen LogP contribution < -0.4 is 4.74 Å². The van der Waals surface area contributed by atoms with E-state index >= 15 is 0 Å². The van der Waals surface area contributed by atoms with Crippen molar-refractivity contribution in [2.45, 2.75) is 0 Å². The van der Waals surface area contributed by atoms with Crippen LogP contribution in [0.15, 0.2) is 30.7 Å². The van der Waals surface area contributed by atoms with E-state index in [2.05, 4.69) is 9.97 Å². The fourth-order valence-electron chi connectivity index (χ4n) is 1.53. The summed E-state index contributed by atoms with van der Waals surface area (Å²) in [7, 11) is 1.35. The van der Waals surface area contributed by atoms with Gasteiger partial charge in [0.25, 0.3) is 0 Å². The van der Waals surface area contributed by atoms with Gasteiger partial charge in [-0.05, 0) is 18.2 Å². The number of aromatic carboxylic acids is 1. The summed E-state index contributed by atoms with van der Waals surface area (Å²) >= 11 is 0. The van der Waals surface area contributed by atoms with Crippen LogP contribution in [0, 0.1) is 5.82 Å². The van der Waals surface area contributed by atoms with Crippen LogP contribution in [0.5, 0.6) is 5.75 Å². The first kappa shape index (κ1) is 12.0. The Hall–Kier alpha value is -2.50. The number of aromatic nitrogens is 2. The highest BCUT2D eigenvalue weighted by atomic mass is 19.1. The van der Waals surface area contributed by atoms with Crippen LogP contribution in [-0.2, 0) is 0 Å². The molecule has 1 heterocycles. The first-order chi connectivity index (χ1) is 8.63. The van der Waals surface area contributed by atoms with Crippen molar-refractivity contribution < 1.29 is 19.0 Å². The van der Waals surface area contributed by atoms with Crippen LogP contribution in [-0.4, -0.2) is 28.2 Å². The summed E-state index contributed by atoms with van der Waals surface area (Å²) in [6.07, 6.45) is 2.39. The second kappa shape index (κ2) is 4.79. The average molecular weight is 248 g/mol. The number of hydrogen-bond donors (Lipinski definition) is 1.